The summed E-state index contributed by atoms with van der Waals surface area (Å²) < 4.78 is 0. The molecule has 0 aliphatic carbocycles. The molecule has 1 aromatic rings. The quantitative estimate of drug-likeness (QED) is 0.626. The second-order valence-electron chi connectivity index (χ2n) is 5.89. The summed E-state index contributed by atoms with van der Waals surface area (Å²) in [6, 6.07) is 7.16. The predicted molar refractivity (Wildman–Crippen MR) is 81.8 cm³/mol. The Morgan fingerprint density at radius 2 is 1.79 bits per heavy atom. The molecule has 3 nitrogen and oxygen atoms in total. The number of unbranched alkanes of at least 4 members (excludes halogenated alkanes) is 1. The number of benzene rings is 1. The van der Waals surface area contributed by atoms with Crippen LogP contribution in [0, 0.1) is 17.7 Å². The van der Waals surface area contributed by atoms with Crippen LogP contribution in [-0.2, 0) is 0 Å². The monoisotopic (exact) mass is 262 g/mol. The van der Waals surface area contributed by atoms with E-state index in [0.717, 1.165) is 18.4 Å². The number of primary amides is 1. The van der Waals surface area contributed by atoms with Crippen molar-refractivity contribution in [3.63, 3.8) is 0 Å². The number of aryl methyl sites for hydroxylation is 1. The second-order valence-corrected chi connectivity index (χ2v) is 5.89. The maximum absolute atomic E-state index is 10.5. The minimum atomic E-state index is -0.375. The van der Waals surface area contributed by atoms with Gasteiger partial charge >= 0.3 is 0 Å². The first-order chi connectivity index (χ1) is 8.76. The fraction of sp³-hybridized carbons (Fsp3) is 0.500. The van der Waals surface area contributed by atoms with Crippen LogP contribution < -0.4 is 5.73 Å². The smallest absolute Gasteiger partial charge is 0.248 e. The fourth-order valence-electron chi connectivity index (χ4n) is 1.45. The lowest BCUT2D eigenvalue weighted by Gasteiger charge is -2.16. The average molecular weight is 262 g/mol. The molecule has 1 amide bonds. The first kappa shape index (κ1) is 17.4. The van der Waals surface area contributed by atoms with Gasteiger partial charge in [-0.3, -0.25) is 4.79 Å². The van der Waals surface area contributed by atoms with E-state index in [9.17, 15) is 4.79 Å². The molecule has 0 aliphatic heterocycles. The maximum atomic E-state index is 10.5. The molecular weight excluding hydrogens is 236 g/mol. The molecule has 3 N–H and O–H groups in total. The summed E-state index contributed by atoms with van der Waals surface area (Å²) in [6.45, 7) is 8.66. The third-order valence-corrected chi connectivity index (χ3v) is 2.61. The van der Waals surface area contributed by atoms with Crippen molar-refractivity contribution < 1.29 is 4.79 Å². The summed E-state index contributed by atoms with van der Waals surface area (Å²) >= 11 is 0. The summed E-state index contributed by atoms with van der Waals surface area (Å²) in [6.07, 6.45) is 4.82. The van der Waals surface area contributed by atoms with Crippen molar-refractivity contribution in [2.45, 2.75) is 47.0 Å². The van der Waals surface area contributed by atoms with Gasteiger partial charge in [-0.15, -0.1) is 0 Å². The normalized spacial score (nSPS) is 10.3. The number of nitrogens with two attached hydrogens (primary N) is 1. The van der Waals surface area contributed by atoms with Gasteiger partial charge in [0.2, 0.25) is 5.91 Å². The summed E-state index contributed by atoms with van der Waals surface area (Å²) in [5, 5.41) is 6.79. The molecule has 0 saturated heterocycles. The Hall–Kier alpha value is -1.64. The van der Waals surface area contributed by atoms with E-state index in [4.69, 9.17) is 11.1 Å². The number of hydrogen-bond donors (Lipinski definition) is 2. The maximum Gasteiger partial charge on any atom is 0.248 e. The van der Waals surface area contributed by atoms with Crippen LogP contribution in [0.15, 0.2) is 24.3 Å². The molecule has 3 heteroatoms. The first-order valence-corrected chi connectivity index (χ1v) is 6.61. The van der Waals surface area contributed by atoms with Crippen LogP contribution in [0.3, 0.4) is 0 Å². The molecule has 106 valence electrons. The summed E-state index contributed by atoms with van der Waals surface area (Å²) in [5.74, 6) is -0.375. The van der Waals surface area contributed by atoms with Crippen LogP contribution in [0.1, 0.15) is 56.0 Å². The van der Waals surface area contributed by atoms with Gasteiger partial charge in [-0.1, -0.05) is 38.5 Å². The average Bonchev–Trinajstić information content (AvgIpc) is 2.29. The van der Waals surface area contributed by atoms with Gasteiger partial charge in [-0.2, -0.15) is 0 Å². The van der Waals surface area contributed by atoms with E-state index in [1.54, 1.807) is 12.1 Å². The third-order valence-electron chi connectivity index (χ3n) is 2.61. The summed E-state index contributed by atoms with van der Waals surface area (Å²) in [7, 11) is 0. The van der Waals surface area contributed by atoms with Crippen molar-refractivity contribution in [3.05, 3.63) is 35.4 Å². The van der Waals surface area contributed by atoms with Crippen LogP contribution in [0.4, 0.5) is 0 Å². The van der Waals surface area contributed by atoms with Crippen molar-refractivity contribution in [1.29, 1.82) is 5.41 Å². The lowest BCUT2D eigenvalue weighted by atomic mass is 9.90. The molecule has 0 radical (unpaired) electrons. The molecular formula is C16H26N2O. The fourth-order valence-corrected chi connectivity index (χ4v) is 1.45. The van der Waals surface area contributed by atoms with Crippen LogP contribution >= 0.6 is 0 Å². The molecule has 0 unspecified atom stereocenters. The minimum absolute atomic E-state index is 0.375. The van der Waals surface area contributed by atoms with E-state index >= 15 is 0 Å². The molecule has 0 aliphatic rings. The highest BCUT2D eigenvalue weighted by Gasteiger charge is 2.07. The lowest BCUT2D eigenvalue weighted by molar-refractivity contribution is 0.100. The summed E-state index contributed by atoms with van der Waals surface area (Å²) in [5.41, 5.74) is 7.16. The lowest BCUT2D eigenvalue weighted by Crippen LogP contribution is -2.10. The first-order valence-electron chi connectivity index (χ1n) is 6.61. The van der Waals surface area contributed by atoms with Crippen molar-refractivity contribution in [3.8, 4) is 0 Å². The number of hydrogen-bond acceptors (Lipinski definition) is 2. The third kappa shape index (κ3) is 10.0. The SMILES string of the molecule is CC(C)(C)CCCC=N.Cc1ccc(C(N)=O)cc1. The molecule has 19 heavy (non-hydrogen) atoms. The molecule has 0 spiro atoms. The van der Waals surface area contributed by atoms with E-state index in [-0.39, 0.29) is 5.91 Å². The molecule has 0 heterocycles. The Kier molecular flexibility index (Phi) is 7.73. The number of carbonyl (C=O) groups is 1. The largest absolute Gasteiger partial charge is 0.366 e. The molecule has 0 saturated carbocycles. The zero-order chi connectivity index (χ0) is 14.9. The Bertz CT molecular complexity index is 388. The van der Waals surface area contributed by atoms with Gasteiger partial charge in [-0.05, 0) is 49.9 Å². The standard InChI is InChI=1S/C8H9NO.C8H17N/c1-6-2-4-7(5-3-6)8(9)10;1-8(2,3)6-4-5-7-9/h2-5H,1H3,(H2,9,10);7,9H,4-6H2,1-3H3. The van der Waals surface area contributed by atoms with Gasteiger partial charge in [-0.25, -0.2) is 0 Å². The highest BCUT2D eigenvalue weighted by molar-refractivity contribution is 5.92. The van der Waals surface area contributed by atoms with Gasteiger partial charge in [0, 0.05) is 5.56 Å². The van der Waals surface area contributed by atoms with Gasteiger partial charge in [0.15, 0.2) is 0 Å². The van der Waals surface area contributed by atoms with E-state index in [0.29, 0.717) is 11.0 Å². The van der Waals surface area contributed by atoms with E-state index in [2.05, 4.69) is 20.8 Å². The van der Waals surface area contributed by atoms with Gasteiger partial charge in [0.05, 0.1) is 0 Å². The Morgan fingerprint density at radius 3 is 2.16 bits per heavy atom. The van der Waals surface area contributed by atoms with E-state index in [1.165, 1.54) is 12.6 Å². The zero-order valence-electron chi connectivity index (χ0n) is 12.5. The Balaban J connectivity index is 0.000000344. The number of nitrogens with one attached hydrogen (secondary N) is 1. The number of carbonyl (C=O) groups excluding carboxylic acids is 1. The number of rotatable bonds is 4. The van der Waals surface area contributed by atoms with Crippen LogP contribution in [0.5, 0.6) is 0 Å². The van der Waals surface area contributed by atoms with Gasteiger partial charge in [0.25, 0.3) is 0 Å². The molecule has 1 aromatic carbocycles. The molecule has 0 aromatic heterocycles. The molecule has 0 bridgehead atoms. The van der Waals surface area contributed by atoms with Crippen molar-refractivity contribution in [2.24, 2.45) is 11.1 Å². The molecule has 0 atom stereocenters. The van der Waals surface area contributed by atoms with Crippen LogP contribution in [0.2, 0.25) is 0 Å². The van der Waals surface area contributed by atoms with Crippen LogP contribution in [-0.4, -0.2) is 12.1 Å². The van der Waals surface area contributed by atoms with Crippen molar-refractivity contribution >= 4 is 12.1 Å². The number of amides is 1. The molecule has 1 rings (SSSR count). The Labute approximate surface area is 116 Å². The minimum Gasteiger partial charge on any atom is -0.366 e. The van der Waals surface area contributed by atoms with Crippen molar-refractivity contribution in [2.75, 3.05) is 0 Å². The topological polar surface area (TPSA) is 66.9 Å². The molecule has 0 fully saturated rings. The summed E-state index contributed by atoms with van der Waals surface area (Å²) in [4.78, 5) is 10.5. The van der Waals surface area contributed by atoms with E-state index in [1.807, 2.05) is 19.1 Å². The predicted octanol–water partition coefficient (Wildman–Crippen LogP) is 3.95. The van der Waals surface area contributed by atoms with Crippen molar-refractivity contribution in [1.82, 2.24) is 0 Å². The second kappa shape index (κ2) is 8.46. The highest BCUT2D eigenvalue weighted by atomic mass is 16.1. The highest BCUT2D eigenvalue weighted by Crippen LogP contribution is 2.20. The zero-order valence-corrected chi connectivity index (χ0v) is 12.5. The van der Waals surface area contributed by atoms with Gasteiger partial charge in [0.1, 0.15) is 0 Å². The van der Waals surface area contributed by atoms with Gasteiger partial charge < -0.3 is 11.1 Å². The Morgan fingerprint density at radius 1 is 1.26 bits per heavy atom. The van der Waals surface area contributed by atoms with Crippen LogP contribution in [0.25, 0.3) is 0 Å². The van der Waals surface area contributed by atoms with E-state index < -0.39 is 0 Å².